The number of ether oxygens (including phenoxy) is 1. The lowest BCUT2D eigenvalue weighted by atomic mass is 10.2. The van der Waals surface area contributed by atoms with Crippen LogP contribution in [0.2, 0.25) is 0 Å². The number of pyridine rings is 1. The summed E-state index contributed by atoms with van der Waals surface area (Å²) in [5.74, 6) is -0.838. The number of carboxylic acids is 1. The van der Waals surface area contributed by atoms with Crippen LogP contribution in [0, 0.1) is 6.92 Å². The molecule has 170 valence electrons. The molecule has 33 heavy (non-hydrogen) atoms. The van der Waals surface area contributed by atoms with Gasteiger partial charge in [-0.15, -0.1) is 5.10 Å². The molecule has 0 saturated carbocycles. The number of anilines is 1. The monoisotopic (exact) mass is 468 g/mol. The van der Waals surface area contributed by atoms with Crippen LogP contribution in [-0.4, -0.2) is 40.3 Å². The summed E-state index contributed by atoms with van der Waals surface area (Å²) in [6, 6.07) is 16.1. The van der Waals surface area contributed by atoms with Crippen LogP contribution in [0.15, 0.2) is 76.6 Å². The molecule has 0 radical (unpaired) electrons. The van der Waals surface area contributed by atoms with Crippen molar-refractivity contribution in [3.05, 3.63) is 88.5 Å². The van der Waals surface area contributed by atoms with E-state index in [4.69, 9.17) is 9.84 Å². The second-order valence-corrected chi connectivity index (χ2v) is 8.97. The zero-order valence-electron chi connectivity index (χ0n) is 17.5. The molecule has 0 aliphatic heterocycles. The Morgan fingerprint density at radius 2 is 1.94 bits per heavy atom. The molecule has 0 aliphatic rings. The number of aliphatic carboxylic acids is 1. The Morgan fingerprint density at radius 1 is 1.12 bits per heavy atom. The molecule has 4 rings (SSSR count). The summed E-state index contributed by atoms with van der Waals surface area (Å²) in [5.41, 5.74) is 1.73. The number of hydrogen-bond acceptors (Lipinski definition) is 6. The predicted octanol–water partition coefficient (Wildman–Crippen LogP) is 2.12. The van der Waals surface area contributed by atoms with E-state index in [-0.39, 0.29) is 22.9 Å². The first-order valence-electron chi connectivity index (χ1n) is 9.84. The lowest BCUT2D eigenvalue weighted by molar-refractivity contribution is -0.139. The van der Waals surface area contributed by atoms with Crippen molar-refractivity contribution in [2.45, 2.75) is 18.4 Å². The number of rotatable bonds is 8. The van der Waals surface area contributed by atoms with E-state index in [1.807, 2.05) is 0 Å². The molecule has 2 N–H and O–H groups in total. The average Bonchev–Trinajstić information content (AvgIpc) is 3.08. The van der Waals surface area contributed by atoms with Crippen LogP contribution in [-0.2, 0) is 21.4 Å². The number of nitrogens with zero attached hydrogens (tertiary/aromatic N) is 3. The summed E-state index contributed by atoms with van der Waals surface area (Å²) in [6.45, 7) is 1.28. The second-order valence-electron chi connectivity index (χ2n) is 7.28. The molecule has 2 aromatic carbocycles. The van der Waals surface area contributed by atoms with Crippen molar-refractivity contribution >= 4 is 27.3 Å². The predicted molar refractivity (Wildman–Crippen MR) is 120 cm³/mol. The van der Waals surface area contributed by atoms with Crippen LogP contribution < -0.4 is 15.1 Å². The number of sulfonamides is 1. The first kappa shape index (κ1) is 22.1. The summed E-state index contributed by atoms with van der Waals surface area (Å²) < 4.78 is 36.1. The minimum absolute atomic E-state index is 0.00430. The highest BCUT2D eigenvalue weighted by molar-refractivity contribution is 7.92. The second kappa shape index (κ2) is 8.79. The lowest BCUT2D eigenvalue weighted by Crippen LogP contribution is -2.21. The van der Waals surface area contributed by atoms with Gasteiger partial charge < -0.3 is 9.84 Å². The van der Waals surface area contributed by atoms with Crippen molar-refractivity contribution in [2.75, 3.05) is 11.3 Å². The van der Waals surface area contributed by atoms with Gasteiger partial charge in [0.2, 0.25) is 0 Å². The van der Waals surface area contributed by atoms with Crippen LogP contribution in [0.1, 0.15) is 11.1 Å². The maximum atomic E-state index is 12.9. The van der Waals surface area contributed by atoms with Gasteiger partial charge in [0.25, 0.3) is 10.0 Å². The van der Waals surface area contributed by atoms with Crippen LogP contribution in [0.25, 0.3) is 5.65 Å². The maximum absolute atomic E-state index is 12.9. The van der Waals surface area contributed by atoms with E-state index in [9.17, 15) is 18.0 Å². The topological polar surface area (TPSA) is 132 Å². The van der Waals surface area contributed by atoms with E-state index in [1.54, 1.807) is 55.6 Å². The zero-order chi connectivity index (χ0) is 23.6. The first-order chi connectivity index (χ1) is 15.7. The van der Waals surface area contributed by atoms with Gasteiger partial charge in [-0.05, 0) is 60.5 Å². The van der Waals surface area contributed by atoms with E-state index in [0.29, 0.717) is 22.5 Å². The third-order valence-electron chi connectivity index (χ3n) is 4.81. The highest BCUT2D eigenvalue weighted by atomic mass is 32.2. The Morgan fingerprint density at radius 3 is 2.67 bits per heavy atom. The molecule has 2 aromatic heterocycles. The molecule has 2 heterocycles. The Bertz CT molecular complexity index is 1510. The molecule has 0 amide bonds. The van der Waals surface area contributed by atoms with Crippen molar-refractivity contribution in [1.29, 1.82) is 0 Å². The molecule has 0 unspecified atom stereocenters. The highest BCUT2D eigenvalue weighted by Gasteiger charge is 2.17. The van der Waals surface area contributed by atoms with Gasteiger partial charge in [0.15, 0.2) is 12.3 Å². The Labute approximate surface area is 188 Å². The molecular weight excluding hydrogens is 448 g/mol. The average molecular weight is 468 g/mol. The smallest absolute Gasteiger partial charge is 0.350 e. The molecule has 10 nitrogen and oxygen atoms in total. The van der Waals surface area contributed by atoms with Gasteiger partial charge in [0, 0.05) is 11.9 Å². The van der Waals surface area contributed by atoms with E-state index in [1.165, 1.54) is 27.3 Å². The summed E-state index contributed by atoms with van der Waals surface area (Å²) in [6.07, 6.45) is 1.63. The van der Waals surface area contributed by atoms with Crippen LogP contribution >= 0.6 is 0 Å². The number of carboxylic acid groups (broad SMARTS) is 1. The van der Waals surface area contributed by atoms with E-state index in [0.717, 1.165) is 0 Å². The van der Waals surface area contributed by atoms with Crippen molar-refractivity contribution in [3.63, 3.8) is 0 Å². The number of nitrogens with one attached hydrogen (secondary N) is 1. The van der Waals surface area contributed by atoms with Crippen molar-refractivity contribution in [2.24, 2.45) is 0 Å². The molecule has 0 atom stereocenters. The van der Waals surface area contributed by atoms with E-state index >= 15 is 0 Å². The van der Waals surface area contributed by atoms with Gasteiger partial charge in [-0.25, -0.2) is 22.7 Å². The molecule has 0 saturated heterocycles. The van der Waals surface area contributed by atoms with Gasteiger partial charge in [0.05, 0.1) is 11.4 Å². The Hall–Kier alpha value is -4.12. The van der Waals surface area contributed by atoms with E-state index < -0.39 is 22.6 Å². The standard InChI is InChI=1S/C22H20N4O6S/c1-15-11-18(8-9-19(15)32-14-21(27)28)33(30,31)24-17-6-4-5-16(12-17)13-26-22(29)25-10-3-2-7-20(25)23-26/h2-12,24H,13-14H2,1H3,(H,27,28). The highest BCUT2D eigenvalue weighted by Crippen LogP contribution is 2.24. The number of fused-ring (bicyclic) bond motifs is 1. The summed E-state index contributed by atoms with van der Waals surface area (Å²) in [7, 11) is -3.91. The first-order valence-corrected chi connectivity index (χ1v) is 11.3. The third kappa shape index (κ3) is 4.88. The lowest BCUT2D eigenvalue weighted by Gasteiger charge is -2.12. The normalized spacial score (nSPS) is 11.4. The van der Waals surface area contributed by atoms with Crippen LogP contribution in [0.5, 0.6) is 5.75 Å². The minimum Gasteiger partial charge on any atom is -0.482 e. The maximum Gasteiger partial charge on any atom is 0.350 e. The van der Waals surface area contributed by atoms with Gasteiger partial charge in [0.1, 0.15) is 5.75 Å². The third-order valence-corrected chi connectivity index (χ3v) is 6.19. The molecule has 11 heteroatoms. The fraction of sp³-hybridized carbons (Fsp3) is 0.136. The Balaban J connectivity index is 1.54. The Kier molecular flexibility index (Phi) is 5.88. The van der Waals surface area contributed by atoms with Crippen LogP contribution in [0.3, 0.4) is 0 Å². The molecule has 4 aromatic rings. The minimum atomic E-state index is -3.91. The van der Waals surface area contributed by atoms with Gasteiger partial charge in [-0.3, -0.25) is 9.12 Å². The van der Waals surface area contributed by atoms with Crippen molar-refractivity contribution < 1.29 is 23.1 Å². The quantitative estimate of drug-likeness (QED) is 0.405. The largest absolute Gasteiger partial charge is 0.482 e. The van der Waals surface area contributed by atoms with Gasteiger partial charge >= 0.3 is 11.7 Å². The molecule has 0 bridgehead atoms. The molecular formula is C22H20N4O6S. The number of aryl methyl sites for hydroxylation is 1. The van der Waals surface area contributed by atoms with Gasteiger partial charge in [-0.2, -0.15) is 0 Å². The SMILES string of the molecule is Cc1cc(S(=O)(=O)Nc2cccc(Cn3nc4ccccn4c3=O)c2)ccc1OCC(=O)O. The number of carbonyl (C=O) groups is 1. The summed E-state index contributed by atoms with van der Waals surface area (Å²) in [5, 5.41) is 13.0. The summed E-state index contributed by atoms with van der Waals surface area (Å²) >= 11 is 0. The van der Waals surface area contributed by atoms with Crippen LogP contribution in [0.4, 0.5) is 5.69 Å². The molecule has 0 aliphatic carbocycles. The number of hydrogen-bond donors (Lipinski definition) is 2. The fourth-order valence-electron chi connectivity index (χ4n) is 3.28. The molecule has 0 spiro atoms. The fourth-order valence-corrected chi connectivity index (χ4v) is 4.42. The molecule has 0 fully saturated rings. The van der Waals surface area contributed by atoms with Crippen molar-refractivity contribution in [3.8, 4) is 5.75 Å². The zero-order valence-corrected chi connectivity index (χ0v) is 18.3. The van der Waals surface area contributed by atoms with Crippen molar-refractivity contribution in [1.82, 2.24) is 14.2 Å². The van der Waals surface area contributed by atoms with Gasteiger partial charge in [-0.1, -0.05) is 18.2 Å². The number of aromatic nitrogens is 3. The van der Waals surface area contributed by atoms with E-state index in [2.05, 4.69) is 9.82 Å². The number of benzene rings is 2. The summed E-state index contributed by atoms with van der Waals surface area (Å²) in [4.78, 5) is 23.2.